The van der Waals surface area contributed by atoms with Gasteiger partial charge in [0.2, 0.25) is 0 Å². The fourth-order valence-electron chi connectivity index (χ4n) is 3.14. The van der Waals surface area contributed by atoms with Gasteiger partial charge in [-0.05, 0) is 44.9 Å². The van der Waals surface area contributed by atoms with E-state index in [1.165, 1.54) is 64.2 Å². The van der Waals surface area contributed by atoms with E-state index in [1.54, 1.807) is 0 Å². The van der Waals surface area contributed by atoms with Gasteiger partial charge in [0, 0.05) is 0 Å². The molecule has 2 nitrogen and oxygen atoms in total. The molecule has 0 aromatic heterocycles. The topological polar surface area (TPSA) is 26.3 Å². The zero-order valence-corrected chi connectivity index (χ0v) is 12.1. The van der Waals surface area contributed by atoms with Gasteiger partial charge in [-0.3, -0.25) is 4.79 Å². The maximum Gasteiger partial charge on any atom is 0.313 e. The summed E-state index contributed by atoms with van der Waals surface area (Å²) in [7, 11) is 0. The number of carbonyl (C=O) groups excluding carboxylic acids is 1. The lowest BCUT2D eigenvalue weighted by Gasteiger charge is -2.35. The summed E-state index contributed by atoms with van der Waals surface area (Å²) in [6, 6.07) is 0. The third kappa shape index (κ3) is 5.00. The van der Waals surface area contributed by atoms with Crippen molar-refractivity contribution in [3.05, 3.63) is 12.2 Å². The molecule has 0 aromatic rings. The second-order valence-electron chi connectivity index (χ2n) is 6.04. The van der Waals surface area contributed by atoms with Gasteiger partial charge < -0.3 is 4.74 Å². The summed E-state index contributed by atoms with van der Waals surface area (Å²) in [5.74, 6) is 0.287. The molecule has 0 radical (unpaired) electrons. The number of allylic oxidation sites excluding steroid dienone is 2. The van der Waals surface area contributed by atoms with Crippen molar-refractivity contribution in [1.82, 2.24) is 0 Å². The summed E-state index contributed by atoms with van der Waals surface area (Å²) < 4.78 is 5.30. The van der Waals surface area contributed by atoms with E-state index >= 15 is 0 Å². The van der Waals surface area contributed by atoms with Crippen molar-refractivity contribution in [2.75, 3.05) is 0 Å². The van der Waals surface area contributed by atoms with Gasteiger partial charge in [-0.1, -0.05) is 44.3 Å². The van der Waals surface area contributed by atoms with Gasteiger partial charge in [0.15, 0.2) is 0 Å². The number of hydrogen-bond donors (Lipinski definition) is 0. The highest BCUT2D eigenvalue weighted by Gasteiger charge is 2.40. The van der Waals surface area contributed by atoms with Crippen LogP contribution >= 0.6 is 0 Å². The largest absolute Gasteiger partial charge is 0.461 e. The zero-order valence-electron chi connectivity index (χ0n) is 12.1. The van der Waals surface area contributed by atoms with Crippen LogP contribution in [0.25, 0.3) is 0 Å². The van der Waals surface area contributed by atoms with Crippen molar-refractivity contribution < 1.29 is 9.53 Å². The van der Waals surface area contributed by atoms with Gasteiger partial charge in [0.05, 0.1) is 5.92 Å². The van der Waals surface area contributed by atoms with Crippen LogP contribution in [0.2, 0.25) is 0 Å². The average Bonchev–Trinajstić information content (AvgIpc) is 2.40. The summed E-state index contributed by atoms with van der Waals surface area (Å²) in [5.41, 5.74) is 0. The first-order valence-corrected chi connectivity index (χ1v) is 8.23. The molecule has 1 saturated heterocycles. The molecule has 2 aliphatic rings. The maximum absolute atomic E-state index is 11.5. The molecular weight excluding hydrogens is 236 g/mol. The molecule has 0 bridgehead atoms. The van der Waals surface area contributed by atoms with Gasteiger partial charge in [0.1, 0.15) is 6.10 Å². The lowest BCUT2D eigenvalue weighted by atomic mass is 9.87. The average molecular weight is 264 g/mol. The number of carbonyl (C=O) groups is 1. The molecule has 19 heavy (non-hydrogen) atoms. The Hall–Kier alpha value is -0.790. The van der Waals surface area contributed by atoms with E-state index in [-0.39, 0.29) is 18.0 Å². The van der Waals surface area contributed by atoms with Crippen molar-refractivity contribution >= 4 is 5.97 Å². The molecule has 1 heterocycles. The van der Waals surface area contributed by atoms with Gasteiger partial charge >= 0.3 is 5.97 Å². The van der Waals surface area contributed by atoms with Crippen LogP contribution in [0.5, 0.6) is 0 Å². The number of esters is 1. The fourth-order valence-corrected chi connectivity index (χ4v) is 3.14. The van der Waals surface area contributed by atoms with Crippen LogP contribution < -0.4 is 0 Å². The van der Waals surface area contributed by atoms with Crippen LogP contribution in [-0.4, -0.2) is 12.1 Å². The minimum absolute atomic E-state index is 0.0611. The van der Waals surface area contributed by atoms with Crippen molar-refractivity contribution in [2.24, 2.45) is 5.92 Å². The Morgan fingerprint density at radius 2 is 1.37 bits per heavy atom. The number of hydrogen-bond acceptors (Lipinski definition) is 2. The van der Waals surface area contributed by atoms with Crippen molar-refractivity contribution in [2.45, 2.75) is 83.2 Å². The highest BCUT2D eigenvalue weighted by molar-refractivity contribution is 5.78. The van der Waals surface area contributed by atoms with Gasteiger partial charge in [0.25, 0.3) is 0 Å². The molecule has 0 aromatic carbocycles. The lowest BCUT2D eigenvalue weighted by Crippen LogP contribution is -2.44. The minimum Gasteiger partial charge on any atom is -0.461 e. The van der Waals surface area contributed by atoms with Crippen LogP contribution in [0.15, 0.2) is 12.2 Å². The molecule has 108 valence electrons. The summed E-state index contributed by atoms with van der Waals surface area (Å²) in [4.78, 5) is 11.5. The Morgan fingerprint density at radius 1 is 0.789 bits per heavy atom. The maximum atomic E-state index is 11.5. The summed E-state index contributed by atoms with van der Waals surface area (Å²) in [6.45, 7) is 0. The monoisotopic (exact) mass is 264 g/mol. The smallest absolute Gasteiger partial charge is 0.313 e. The van der Waals surface area contributed by atoms with Crippen LogP contribution in [0, 0.1) is 5.92 Å². The van der Waals surface area contributed by atoms with Gasteiger partial charge in [-0.2, -0.15) is 0 Å². The zero-order chi connectivity index (χ0) is 13.3. The molecule has 0 saturated carbocycles. The highest BCUT2D eigenvalue weighted by atomic mass is 16.6. The van der Waals surface area contributed by atoms with Crippen molar-refractivity contribution in [3.8, 4) is 0 Å². The van der Waals surface area contributed by atoms with Crippen LogP contribution in [0.3, 0.4) is 0 Å². The molecule has 2 rings (SSSR count). The highest BCUT2D eigenvalue weighted by Crippen LogP contribution is 2.31. The van der Waals surface area contributed by atoms with E-state index in [2.05, 4.69) is 12.2 Å². The quantitative estimate of drug-likeness (QED) is 0.465. The third-order valence-corrected chi connectivity index (χ3v) is 4.43. The van der Waals surface area contributed by atoms with E-state index in [0.717, 1.165) is 12.8 Å². The van der Waals surface area contributed by atoms with Gasteiger partial charge in [-0.15, -0.1) is 0 Å². The van der Waals surface area contributed by atoms with Crippen molar-refractivity contribution in [1.29, 1.82) is 0 Å². The van der Waals surface area contributed by atoms with Crippen LogP contribution in [0.4, 0.5) is 0 Å². The van der Waals surface area contributed by atoms with Crippen LogP contribution in [-0.2, 0) is 9.53 Å². The molecule has 0 N–H and O–H groups in total. The van der Waals surface area contributed by atoms with E-state index in [4.69, 9.17) is 4.74 Å². The first-order chi connectivity index (χ1) is 9.38. The van der Waals surface area contributed by atoms with Crippen molar-refractivity contribution in [3.63, 3.8) is 0 Å². The lowest BCUT2D eigenvalue weighted by molar-refractivity contribution is -0.186. The molecule has 1 aliphatic carbocycles. The Labute approximate surface area is 117 Å². The van der Waals surface area contributed by atoms with E-state index in [1.807, 2.05) is 0 Å². The molecule has 0 spiro atoms. The van der Waals surface area contributed by atoms with Crippen LogP contribution in [0.1, 0.15) is 77.0 Å². The van der Waals surface area contributed by atoms with E-state index in [9.17, 15) is 4.79 Å². The molecule has 1 fully saturated rings. The molecule has 2 atom stereocenters. The standard InChI is InChI=1S/C17H28O2/c18-17-15-13-11-9-7-5-3-1-2-4-6-8-10-12-14-16(15)19-17/h1,3,15-16H,2,4-14H2/b3-1-. The Morgan fingerprint density at radius 3 is 2.11 bits per heavy atom. The second kappa shape index (κ2) is 8.39. The fraction of sp³-hybridized carbons (Fsp3) is 0.824. The normalized spacial score (nSPS) is 32.7. The summed E-state index contributed by atoms with van der Waals surface area (Å²) >= 11 is 0. The Kier molecular flexibility index (Phi) is 6.46. The number of fused-ring (bicyclic) bond motifs is 1. The predicted molar refractivity (Wildman–Crippen MR) is 77.9 cm³/mol. The van der Waals surface area contributed by atoms with E-state index in [0.29, 0.717) is 0 Å². The Bertz CT molecular complexity index is 296. The molecule has 1 aliphatic heterocycles. The first kappa shape index (κ1) is 14.6. The molecule has 2 unspecified atom stereocenters. The number of rotatable bonds is 0. The second-order valence-corrected chi connectivity index (χ2v) is 6.04. The molecule has 2 heteroatoms. The van der Waals surface area contributed by atoms with E-state index < -0.39 is 0 Å². The Balaban J connectivity index is 1.73. The minimum atomic E-state index is 0.0611. The molecule has 0 amide bonds. The summed E-state index contributed by atoms with van der Waals surface area (Å²) in [5, 5.41) is 0. The van der Waals surface area contributed by atoms with Gasteiger partial charge in [-0.25, -0.2) is 0 Å². The first-order valence-electron chi connectivity index (χ1n) is 8.23. The SMILES string of the molecule is O=C1OC2CCCCCCC/C=C\CCCCCC12. The number of ether oxygens (including phenoxy) is 1. The predicted octanol–water partition coefficient (Wildman–Crippen LogP) is 4.78. The third-order valence-electron chi connectivity index (χ3n) is 4.43. The molecular formula is C17H28O2. The summed E-state index contributed by atoms with van der Waals surface area (Å²) in [6.07, 6.45) is 19.8.